The minimum atomic E-state index is -1.90. The summed E-state index contributed by atoms with van der Waals surface area (Å²) < 4.78 is 17.6. The number of esters is 1. The smallest absolute Gasteiger partial charge is 0.333 e. The van der Waals surface area contributed by atoms with E-state index in [9.17, 15) is 9.36 Å². The Labute approximate surface area is 124 Å². The van der Waals surface area contributed by atoms with Gasteiger partial charge in [-0.3, -0.25) is 0 Å². The summed E-state index contributed by atoms with van der Waals surface area (Å²) in [5.74, 6) is -0.305. The van der Waals surface area contributed by atoms with Gasteiger partial charge in [0.05, 0.1) is 13.7 Å². The molecule has 0 aromatic heterocycles. The standard InChI is InChI=1S/C16H31O3P/c1-5-12-20(18,13-6-2)14-10-8-7-9-11-19-16(17)15(3)4/h3,5-14H2,1-2,4H3. The normalized spacial score (nSPS) is 11.3. The number of hydrogen-bond acceptors (Lipinski definition) is 3. The molecule has 0 aliphatic rings. The van der Waals surface area contributed by atoms with E-state index in [2.05, 4.69) is 20.4 Å². The molecule has 0 unspecified atom stereocenters. The van der Waals surface area contributed by atoms with Crippen molar-refractivity contribution in [2.75, 3.05) is 25.1 Å². The minimum Gasteiger partial charge on any atom is -0.462 e. The number of ether oxygens (including phenoxy) is 1. The van der Waals surface area contributed by atoms with Gasteiger partial charge in [-0.25, -0.2) is 4.79 Å². The first kappa shape index (κ1) is 19.4. The van der Waals surface area contributed by atoms with Crippen molar-refractivity contribution in [1.29, 1.82) is 0 Å². The Balaban J connectivity index is 3.67. The third-order valence-electron chi connectivity index (χ3n) is 3.30. The van der Waals surface area contributed by atoms with Crippen molar-refractivity contribution in [2.24, 2.45) is 0 Å². The summed E-state index contributed by atoms with van der Waals surface area (Å²) in [5, 5.41) is 0. The predicted molar refractivity (Wildman–Crippen MR) is 87.0 cm³/mol. The molecule has 0 saturated heterocycles. The molecule has 0 aromatic rings. The first-order valence-electron chi connectivity index (χ1n) is 7.85. The second-order valence-electron chi connectivity index (χ2n) is 5.56. The van der Waals surface area contributed by atoms with Gasteiger partial charge >= 0.3 is 5.97 Å². The van der Waals surface area contributed by atoms with Crippen molar-refractivity contribution in [1.82, 2.24) is 0 Å². The van der Waals surface area contributed by atoms with E-state index in [1.54, 1.807) is 6.92 Å². The highest BCUT2D eigenvalue weighted by Gasteiger charge is 2.18. The van der Waals surface area contributed by atoms with Gasteiger partial charge < -0.3 is 9.30 Å². The minimum absolute atomic E-state index is 0.305. The highest BCUT2D eigenvalue weighted by Crippen LogP contribution is 2.47. The summed E-state index contributed by atoms with van der Waals surface area (Å²) in [4.78, 5) is 11.1. The Kier molecular flexibility index (Phi) is 10.8. The number of hydrogen-bond donors (Lipinski definition) is 0. The lowest BCUT2D eigenvalue weighted by atomic mass is 10.2. The molecule has 0 amide bonds. The van der Waals surface area contributed by atoms with Gasteiger partial charge in [0.15, 0.2) is 0 Å². The zero-order valence-electron chi connectivity index (χ0n) is 13.5. The third-order valence-corrected chi connectivity index (χ3v) is 6.96. The maximum absolute atomic E-state index is 12.6. The largest absolute Gasteiger partial charge is 0.462 e. The Morgan fingerprint density at radius 3 is 2.05 bits per heavy atom. The van der Waals surface area contributed by atoms with E-state index in [0.717, 1.165) is 57.0 Å². The van der Waals surface area contributed by atoms with Crippen molar-refractivity contribution >= 4 is 13.1 Å². The fourth-order valence-electron chi connectivity index (χ4n) is 2.29. The molecule has 3 nitrogen and oxygen atoms in total. The quantitative estimate of drug-likeness (QED) is 0.224. The Hall–Kier alpha value is -0.560. The molecule has 0 heterocycles. The summed E-state index contributed by atoms with van der Waals surface area (Å²) in [6, 6.07) is 0. The number of rotatable bonds is 12. The zero-order valence-corrected chi connectivity index (χ0v) is 14.3. The van der Waals surface area contributed by atoms with E-state index in [0.29, 0.717) is 12.2 Å². The van der Waals surface area contributed by atoms with Crippen LogP contribution in [0, 0.1) is 0 Å². The van der Waals surface area contributed by atoms with Crippen LogP contribution < -0.4 is 0 Å². The third kappa shape index (κ3) is 9.36. The number of carbonyl (C=O) groups excluding carboxylic acids is 1. The molecule has 0 spiro atoms. The second kappa shape index (κ2) is 11.1. The van der Waals surface area contributed by atoms with E-state index in [1.807, 2.05) is 0 Å². The molecule has 0 aromatic carbocycles. The Morgan fingerprint density at radius 1 is 1.00 bits per heavy atom. The maximum atomic E-state index is 12.6. The maximum Gasteiger partial charge on any atom is 0.333 e. The van der Waals surface area contributed by atoms with Crippen LogP contribution >= 0.6 is 7.14 Å². The summed E-state index contributed by atoms with van der Waals surface area (Å²) in [5.41, 5.74) is 0.449. The van der Waals surface area contributed by atoms with Crippen LogP contribution in [0.2, 0.25) is 0 Å². The average Bonchev–Trinajstić information content (AvgIpc) is 2.37. The van der Waals surface area contributed by atoms with Crippen LogP contribution in [0.25, 0.3) is 0 Å². The second-order valence-corrected chi connectivity index (χ2v) is 9.02. The Morgan fingerprint density at radius 2 is 1.55 bits per heavy atom. The lowest BCUT2D eigenvalue weighted by Crippen LogP contribution is -2.06. The number of carbonyl (C=O) groups is 1. The van der Waals surface area contributed by atoms with E-state index in [4.69, 9.17) is 4.74 Å². The molecule has 0 aliphatic carbocycles. The number of unbranched alkanes of at least 4 members (excludes halogenated alkanes) is 3. The molecule has 4 heteroatoms. The van der Waals surface area contributed by atoms with Gasteiger partial charge in [0.25, 0.3) is 0 Å². The van der Waals surface area contributed by atoms with Gasteiger partial charge in [-0.2, -0.15) is 0 Å². The lowest BCUT2D eigenvalue weighted by molar-refractivity contribution is -0.139. The van der Waals surface area contributed by atoms with E-state index < -0.39 is 7.14 Å². The molecule has 0 aliphatic heterocycles. The van der Waals surface area contributed by atoms with Crippen molar-refractivity contribution < 1.29 is 14.1 Å². The predicted octanol–water partition coefficient (Wildman–Crippen LogP) is 4.85. The molecule has 0 radical (unpaired) electrons. The topological polar surface area (TPSA) is 43.4 Å². The SMILES string of the molecule is C=C(C)C(=O)OCCCCCCP(=O)(CCC)CCC. The summed E-state index contributed by atoms with van der Waals surface area (Å²) >= 11 is 0. The average molecular weight is 302 g/mol. The monoisotopic (exact) mass is 302 g/mol. The highest BCUT2D eigenvalue weighted by molar-refractivity contribution is 7.63. The van der Waals surface area contributed by atoms with Gasteiger partial charge in [-0.05, 0) is 32.6 Å². The van der Waals surface area contributed by atoms with E-state index in [1.165, 1.54) is 0 Å². The fraction of sp³-hybridized carbons (Fsp3) is 0.812. The van der Waals surface area contributed by atoms with Crippen LogP contribution in [-0.4, -0.2) is 31.1 Å². The summed E-state index contributed by atoms with van der Waals surface area (Å²) in [7, 11) is -1.90. The van der Waals surface area contributed by atoms with Crippen molar-refractivity contribution in [2.45, 2.75) is 59.3 Å². The van der Waals surface area contributed by atoms with Gasteiger partial charge in [-0.15, -0.1) is 0 Å². The molecule has 0 rings (SSSR count). The molecule has 0 N–H and O–H groups in total. The summed E-state index contributed by atoms with van der Waals surface area (Å²) in [6.07, 6.45) is 8.75. The molecule has 20 heavy (non-hydrogen) atoms. The lowest BCUT2D eigenvalue weighted by Gasteiger charge is -2.16. The van der Waals surface area contributed by atoms with Gasteiger partial charge in [-0.1, -0.05) is 33.3 Å². The van der Waals surface area contributed by atoms with Crippen LogP contribution in [0.1, 0.15) is 59.3 Å². The van der Waals surface area contributed by atoms with Crippen molar-refractivity contribution in [3.05, 3.63) is 12.2 Å². The van der Waals surface area contributed by atoms with Gasteiger partial charge in [0, 0.05) is 24.1 Å². The molecule has 118 valence electrons. The molecular formula is C16H31O3P. The highest BCUT2D eigenvalue weighted by atomic mass is 31.2. The first-order chi connectivity index (χ1) is 9.45. The molecule has 0 fully saturated rings. The zero-order chi connectivity index (χ0) is 15.4. The van der Waals surface area contributed by atoms with Crippen LogP contribution in [0.3, 0.4) is 0 Å². The van der Waals surface area contributed by atoms with Gasteiger partial charge in [0.2, 0.25) is 0 Å². The van der Waals surface area contributed by atoms with Gasteiger partial charge in [0.1, 0.15) is 0 Å². The molecular weight excluding hydrogens is 271 g/mol. The van der Waals surface area contributed by atoms with Crippen molar-refractivity contribution in [3.8, 4) is 0 Å². The summed E-state index contributed by atoms with van der Waals surface area (Å²) in [6.45, 7) is 9.88. The van der Waals surface area contributed by atoms with E-state index >= 15 is 0 Å². The van der Waals surface area contributed by atoms with Crippen LogP contribution in [0.4, 0.5) is 0 Å². The fourth-order valence-corrected chi connectivity index (χ4v) is 5.39. The van der Waals surface area contributed by atoms with Crippen LogP contribution in [0.5, 0.6) is 0 Å². The first-order valence-corrected chi connectivity index (χ1v) is 10.1. The molecule has 0 atom stereocenters. The molecule has 0 saturated carbocycles. The Bertz CT molecular complexity index is 327. The van der Waals surface area contributed by atoms with E-state index in [-0.39, 0.29) is 5.97 Å². The van der Waals surface area contributed by atoms with Crippen molar-refractivity contribution in [3.63, 3.8) is 0 Å². The van der Waals surface area contributed by atoms with Crippen LogP contribution in [-0.2, 0) is 14.1 Å². The molecule has 0 bridgehead atoms. The van der Waals surface area contributed by atoms with Crippen LogP contribution in [0.15, 0.2) is 12.2 Å².